The SMILES string of the molecule is COCOc1ccc(C[C@@H](NC(=O)OCC2c3ccccc3-c3ccccc32)C(=O)O)cc1. The van der Waals surface area contributed by atoms with E-state index >= 15 is 0 Å². The molecule has 0 saturated carbocycles. The molecular formula is C26H25NO6. The van der Waals surface area contributed by atoms with E-state index in [9.17, 15) is 14.7 Å². The molecule has 1 atom stereocenters. The molecule has 7 nitrogen and oxygen atoms in total. The van der Waals surface area contributed by atoms with E-state index < -0.39 is 18.1 Å². The van der Waals surface area contributed by atoms with Crippen LogP contribution < -0.4 is 10.1 Å². The van der Waals surface area contributed by atoms with Gasteiger partial charge in [-0.15, -0.1) is 0 Å². The highest BCUT2D eigenvalue weighted by Crippen LogP contribution is 2.44. The van der Waals surface area contributed by atoms with E-state index in [0.717, 1.165) is 27.8 Å². The molecule has 0 radical (unpaired) electrons. The van der Waals surface area contributed by atoms with Crippen molar-refractivity contribution in [2.75, 3.05) is 20.5 Å². The Bertz CT molecular complexity index is 1080. The molecular weight excluding hydrogens is 422 g/mol. The number of hydrogen-bond donors (Lipinski definition) is 2. The summed E-state index contributed by atoms with van der Waals surface area (Å²) in [5, 5.41) is 12.1. The number of carboxylic acid groups (broad SMARTS) is 1. The smallest absolute Gasteiger partial charge is 0.407 e. The van der Waals surface area contributed by atoms with Crippen LogP contribution >= 0.6 is 0 Å². The van der Waals surface area contributed by atoms with Gasteiger partial charge in [0, 0.05) is 19.4 Å². The maximum Gasteiger partial charge on any atom is 0.407 e. The number of carbonyl (C=O) groups excluding carboxylic acids is 1. The number of aliphatic carboxylic acids is 1. The Morgan fingerprint density at radius 1 is 0.939 bits per heavy atom. The number of rotatable bonds is 9. The number of benzene rings is 3. The number of nitrogens with one attached hydrogen (secondary N) is 1. The Hall–Kier alpha value is -3.84. The van der Waals surface area contributed by atoms with Gasteiger partial charge in [0.05, 0.1) is 0 Å². The van der Waals surface area contributed by atoms with Crippen LogP contribution in [-0.4, -0.2) is 43.7 Å². The van der Waals surface area contributed by atoms with Gasteiger partial charge >= 0.3 is 12.1 Å². The van der Waals surface area contributed by atoms with Gasteiger partial charge in [0.1, 0.15) is 18.4 Å². The van der Waals surface area contributed by atoms with E-state index in [-0.39, 0.29) is 25.7 Å². The van der Waals surface area contributed by atoms with Crippen molar-refractivity contribution >= 4 is 12.1 Å². The third-order valence-electron chi connectivity index (χ3n) is 5.64. The van der Waals surface area contributed by atoms with Crippen LogP contribution in [0.1, 0.15) is 22.6 Å². The molecule has 1 aliphatic rings. The summed E-state index contributed by atoms with van der Waals surface area (Å²) in [6.07, 6.45) is -0.645. The van der Waals surface area contributed by atoms with Crippen molar-refractivity contribution in [3.8, 4) is 16.9 Å². The molecule has 0 heterocycles. The Labute approximate surface area is 191 Å². The van der Waals surface area contributed by atoms with E-state index in [2.05, 4.69) is 17.4 Å². The Morgan fingerprint density at radius 3 is 2.12 bits per heavy atom. The highest BCUT2D eigenvalue weighted by Gasteiger charge is 2.29. The minimum Gasteiger partial charge on any atom is -0.480 e. The fourth-order valence-corrected chi connectivity index (χ4v) is 4.07. The predicted octanol–water partition coefficient (Wildman–Crippen LogP) is 4.20. The summed E-state index contributed by atoms with van der Waals surface area (Å²) in [4.78, 5) is 24.2. The molecule has 4 rings (SSSR count). The summed E-state index contributed by atoms with van der Waals surface area (Å²) >= 11 is 0. The van der Waals surface area contributed by atoms with E-state index in [1.165, 1.54) is 7.11 Å². The first-order valence-corrected chi connectivity index (χ1v) is 10.6. The van der Waals surface area contributed by atoms with Crippen molar-refractivity contribution < 1.29 is 28.9 Å². The van der Waals surface area contributed by atoms with Gasteiger partial charge < -0.3 is 24.6 Å². The lowest BCUT2D eigenvalue weighted by molar-refractivity contribution is -0.139. The van der Waals surface area contributed by atoms with Gasteiger partial charge in [-0.05, 0) is 39.9 Å². The van der Waals surface area contributed by atoms with Crippen molar-refractivity contribution in [2.45, 2.75) is 18.4 Å². The molecule has 0 bridgehead atoms. The summed E-state index contributed by atoms with van der Waals surface area (Å²) < 4.78 is 15.7. The fourth-order valence-electron chi connectivity index (χ4n) is 4.07. The van der Waals surface area contributed by atoms with Gasteiger partial charge in [0.25, 0.3) is 0 Å². The first-order chi connectivity index (χ1) is 16.1. The summed E-state index contributed by atoms with van der Waals surface area (Å²) in [6.45, 7) is 0.248. The maximum atomic E-state index is 12.5. The lowest BCUT2D eigenvalue weighted by atomic mass is 9.98. The normalized spacial score (nSPS) is 13.0. The summed E-state index contributed by atoms with van der Waals surface area (Å²) in [7, 11) is 1.53. The summed E-state index contributed by atoms with van der Waals surface area (Å²) in [6, 6.07) is 21.9. The van der Waals surface area contributed by atoms with Crippen LogP contribution in [0.4, 0.5) is 4.79 Å². The van der Waals surface area contributed by atoms with Gasteiger partial charge in [-0.25, -0.2) is 9.59 Å². The zero-order valence-electron chi connectivity index (χ0n) is 18.2. The second-order valence-corrected chi connectivity index (χ2v) is 7.76. The van der Waals surface area contributed by atoms with Crippen LogP contribution in [0, 0.1) is 0 Å². The standard InChI is InChI=1S/C26H25NO6/c1-31-16-33-18-12-10-17(11-13-18)14-24(25(28)29)27-26(30)32-15-23-21-8-4-2-6-19(21)20-7-3-5-9-22(20)23/h2-13,23-24H,14-16H2,1H3,(H,27,30)(H,28,29)/t24-/m1/s1. The zero-order chi connectivity index (χ0) is 23.2. The van der Waals surface area contributed by atoms with Gasteiger partial charge in [0.2, 0.25) is 0 Å². The van der Waals surface area contributed by atoms with Crippen LogP contribution in [0.5, 0.6) is 5.75 Å². The Morgan fingerprint density at radius 2 is 1.55 bits per heavy atom. The molecule has 0 unspecified atom stereocenters. The van der Waals surface area contributed by atoms with Crippen molar-refractivity contribution in [2.24, 2.45) is 0 Å². The summed E-state index contributed by atoms with van der Waals surface area (Å²) in [5.74, 6) is -0.619. The van der Waals surface area contributed by atoms with Crippen LogP contribution in [-0.2, 0) is 20.7 Å². The Kier molecular flexibility index (Phi) is 6.90. The third-order valence-corrected chi connectivity index (χ3v) is 5.64. The average molecular weight is 447 g/mol. The van der Waals surface area contributed by atoms with Crippen molar-refractivity contribution in [3.63, 3.8) is 0 Å². The number of amides is 1. The maximum absolute atomic E-state index is 12.5. The number of ether oxygens (including phenoxy) is 3. The average Bonchev–Trinajstić information content (AvgIpc) is 3.15. The Balaban J connectivity index is 1.38. The zero-order valence-corrected chi connectivity index (χ0v) is 18.2. The molecule has 3 aromatic rings. The van der Waals surface area contributed by atoms with Crippen molar-refractivity contribution in [3.05, 3.63) is 89.5 Å². The first-order valence-electron chi connectivity index (χ1n) is 10.6. The largest absolute Gasteiger partial charge is 0.480 e. The van der Waals surface area contributed by atoms with Crippen LogP contribution in [0.2, 0.25) is 0 Å². The van der Waals surface area contributed by atoms with Crippen LogP contribution in [0.15, 0.2) is 72.8 Å². The van der Waals surface area contributed by atoms with E-state index in [4.69, 9.17) is 14.2 Å². The molecule has 0 aromatic heterocycles. The van der Waals surface area contributed by atoms with E-state index in [1.807, 2.05) is 36.4 Å². The van der Waals surface area contributed by atoms with Gasteiger partial charge in [-0.1, -0.05) is 60.7 Å². The molecule has 0 saturated heterocycles. The first kappa shape index (κ1) is 22.4. The second kappa shape index (κ2) is 10.2. The molecule has 1 aliphatic carbocycles. The summed E-state index contributed by atoms with van der Waals surface area (Å²) in [5.41, 5.74) is 5.19. The molecule has 3 aromatic carbocycles. The van der Waals surface area contributed by atoms with Crippen LogP contribution in [0.25, 0.3) is 11.1 Å². The minimum atomic E-state index is -1.14. The molecule has 170 valence electrons. The minimum absolute atomic E-state index is 0.0916. The number of hydrogen-bond acceptors (Lipinski definition) is 5. The number of carbonyl (C=O) groups is 2. The molecule has 7 heteroatoms. The van der Waals surface area contributed by atoms with Crippen LogP contribution in [0.3, 0.4) is 0 Å². The molecule has 33 heavy (non-hydrogen) atoms. The molecule has 0 spiro atoms. The fraction of sp³-hybridized carbons (Fsp3) is 0.231. The second-order valence-electron chi connectivity index (χ2n) is 7.76. The lowest BCUT2D eigenvalue weighted by Gasteiger charge is -2.17. The van der Waals surface area contributed by atoms with Gasteiger partial charge in [-0.2, -0.15) is 0 Å². The predicted molar refractivity (Wildman–Crippen MR) is 122 cm³/mol. The highest BCUT2D eigenvalue weighted by molar-refractivity contribution is 5.81. The quantitative estimate of drug-likeness (QED) is 0.478. The van der Waals surface area contributed by atoms with Crippen molar-refractivity contribution in [1.29, 1.82) is 0 Å². The molecule has 0 fully saturated rings. The molecule has 2 N–H and O–H groups in total. The monoisotopic (exact) mass is 447 g/mol. The topological polar surface area (TPSA) is 94.1 Å². The lowest BCUT2D eigenvalue weighted by Crippen LogP contribution is -2.42. The number of carboxylic acids is 1. The molecule has 1 amide bonds. The number of fused-ring (bicyclic) bond motifs is 3. The van der Waals surface area contributed by atoms with Gasteiger partial charge in [0.15, 0.2) is 6.79 Å². The highest BCUT2D eigenvalue weighted by atomic mass is 16.7. The number of alkyl carbamates (subject to hydrolysis) is 1. The molecule has 0 aliphatic heterocycles. The number of methoxy groups -OCH3 is 1. The van der Waals surface area contributed by atoms with E-state index in [0.29, 0.717) is 5.75 Å². The van der Waals surface area contributed by atoms with E-state index in [1.54, 1.807) is 24.3 Å². The third kappa shape index (κ3) is 5.15. The van der Waals surface area contributed by atoms with Gasteiger partial charge in [-0.3, -0.25) is 0 Å². The van der Waals surface area contributed by atoms with Crippen molar-refractivity contribution in [1.82, 2.24) is 5.32 Å².